The Balaban J connectivity index is -0.000000667. The third-order valence-electron chi connectivity index (χ3n) is 5.07. The lowest BCUT2D eigenvalue weighted by molar-refractivity contribution is -0.122. The fraction of sp³-hybridized carbons (Fsp3) is 0.667. The average molecular weight is 640 g/mol. The van der Waals surface area contributed by atoms with Gasteiger partial charge in [-0.05, 0) is 32.6 Å². The van der Waals surface area contributed by atoms with E-state index in [1.807, 2.05) is 41.5 Å². The maximum absolute atomic E-state index is 13.5. The number of likely N-dealkylation sites (N-methyl/N-ethyl adjacent to an activating group) is 1. The quantitative estimate of drug-likeness (QED) is 0.0958. The molecular formula is C30H53F4N5O5. The molecule has 0 radical (unpaired) electrons. The zero-order valence-corrected chi connectivity index (χ0v) is 27.6. The van der Waals surface area contributed by atoms with Gasteiger partial charge in [0.15, 0.2) is 17.4 Å². The number of nitrogens with one attached hydrogen (secondary N) is 5. The van der Waals surface area contributed by atoms with E-state index in [1.54, 1.807) is 6.92 Å². The van der Waals surface area contributed by atoms with Crippen molar-refractivity contribution in [1.82, 2.24) is 26.6 Å². The number of hydrogen-bond acceptors (Lipinski definition) is 6. The highest BCUT2D eigenvalue weighted by Crippen LogP contribution is 2.28. The second-order valence-corrected chi connectivity index (χ2v) is 9.83. The molecule has 0 aromatic heterocycles. The first-order chi connectivity index (χ1) is 20.7. The van der Waals surface area contributed by atoms with Gasteiger partial charge < -0.3 is 31.7 Å². The van der Waals surface area contributed by atoms with Crippen molar-refractivity contribution in [2.24, 2.45) is 5.92 Å². The lowest BCUT2D eigenvalue weighted by Gasteiger charge is -2.18. The van der Waals surface area contributed by atoms with Gasteiger partial charge in [-0.25, -0.2) is 8.78 Å². The first-order valence-corrected chi connectivity index (χ1v) is 15.0. The van der Waals surface area contributed by atoms with Gasteiger partial charge in [0.1, 0.15) is 5.56 Å². The van der Waals surface area contributed by atoms with Crippen molar-refractivity contribution in [3.8, 4) is 5.75 Å². The highest BCUT2D eigenvalue weighted by Gasteiger charge is 2.29. The molecular weight excluding hydrogens is 586 g/mol. The summed E-state index contributed by atoms with van der Waals surface area (Å²) in [7, 11) is 0. The molecule has 0 aliphatic rings. The van der Waals surface area contributed by atoms with Crippen molar-refractivity contribution in [2.75, 3.05) is 26.2 Å². The monoisotopic (exact) mass is 639 g/mol. The fourth-order valence-corrected chi connectivity index (χ4v) is 3.49. The summed E-state index contributed by atoms with van der Waals surface area (Å²) < 4.78 is 53.2. The molecule has 1 aromatic carbocycles. The minimum Gasteiger partial charge on any atom is -0.503 e. The molecule has 0 aliphatic carbocycles. The molecule has 0 saturated heterocycles. The molecule has 256 valence electrons. The summed E-state index contributed by atoms with van der Waals surface area (Å²) in [4.78, 5) is 44.5. The molecule has 1 unspecified atom stereocenters. The van der Waals surface area contributed by atoms with Crippen LogP contribution in [-0.4, -0.2) is 67.5 Å². The van der Waals surface area contributed by atoms with Crippen molar-refractivity contribution in [2.45, 2.75) is 100 Å². The van der Waals surface area contributed by atoms with Crippen molar-refractivity contribution in [1.29, 1.82) is 0 Å². The molecule has 0 bridgehead atoms. The topological polar surface area (TPSA) is 149 Å². The van der Waals surface area contributed by atoms with Crippen LogP contribution in [-0.2, 0) is 14.4 Å². The van der Waals surface area contributed by atoms with E-state index in [0.29, 0.717) is 25.9 Å². The molecule has 0 spiro atoms. The summed E-state index contributed by atoms with van der Waals surface area (Å²) in [5.41, 5.74) is -1.38. The number of phenolic OH excluding ortho intramolecular Hbond substituents is 1. The number of phenols is 1. The maximum Gasteiger partial charge on any atom is 0.257 e. The number of benzene rings is 1. The predicted octanol–water partition coefficient (Wildman–Crippen LogP) is 4.30. The van der Waals surface area contributed by atoms with Gasteiger partial charge in [-0.1, -0.05) is 61.3 Å². The van der Waals surface area contributed by atoms with Crippen LogP contribution < -0.4 is 26.6 Å². The Bertz CT molecular complexity index is 955. The first kappa shape index (κ1) is 45.0. The number of halogens is 4. The zero-order chi connectivity index (χ0) is 34.8. The average Bonchev–Trinajstić information content (AvgIpc) is 2.95. The van der Waals surface area contributed by atoms with Crippen molar-refractivity contribution >= 4 is 24.1 Å². The highest BCUT2D eigenvalue weighted by atomic mass is 19.2. The summed E-state index contributed by atoms with van der Waals surface area (Å²) in [5, 5.41) is 21.9. The lowest BCUT2D eigenvalue weighted by Crippen LogP contribution is -2.46. The van der Waals surface area contributed by atoms with Crippen molar-refractivity contribution in [3.05, 3.63) is 28.8 Å². The van der Waals surface area contributed by atoms with Gasteiger partial charge in [-0.3, -0.25) is 19.2 Å². The first-order valence-electron chi connectivity index (χ1n) is 15.0. The molecule has 0 aliphatic heterocycles. The molecule has 4 amide bonds. The van der Waals surface area contributed by atoms with Crippen LogP contribution in [0.3, 0.4) is 0 Å². The van der Waals surface area contributed by atoms with Crippen molar-refractivity contribution < 1.29 is 41.8 Å². The molecule has 2 atom stereocenters. The van der Waals surface area contributed by atoms with Crippen LogP contribution in [0.4, 0.5) is 17.6 Å². The number of carbonyl (C=O) groups is 4. The molecule has 1 aromatic rings. The van der Waals surface area contributed by atoms with E-state index in [1.165, 1.54) is 6.42 Å². The third-order valence-corrected chi connectivity index (χ3v) is 5.07. The number of hydrogen-bond donors (Lipinski definition) is 6. The molecule has 44 heavy (non-hydrogen) atoms. The Kier molecular flexibility index (Phi) is 27.8. The number of amides is 4. The molecule has 1 rings (SSSR count). The van der Waals surface area contributed by atoms with Gasteiger partial charge in [-0.15, -0.1) is 0 Å². The van der Waals surface area contributed by atoms with E-state index in [9.17, 15) is 36.7 Å². The predicted molar refractivity (Wildman–Crippen MR) is 164 cm³/mol. The summed E-state index contributed by atoms with van der Waals surface area (Å²) in [5.74, 6) is -11.0. The minimum atomic E-state index is -1.99. The SMILES string of the molecule is CC.CC(C)CC(C)NC(=O)c1c(F)c(F)c(O)c(F)c1F.CCC.CCC[C@@H](CNCC(=O)NCC)NC(=O)CNC=O. The summed E-state index contributed by atoms with van der Waals surface area (Å²) in [6.07, 6.45) is 4.00. The van der Waals surface area contributed by atoms with Crippen LogP contribution in [0.1, 0.15) is 98.4 Å². The molecule has 6 N–H and O–H groups in total. The smallest absolute Gasteiger partial charge is 0.257 e. The zero-order valence-electron chi connectivity index (χ0n) is 27.6. The summed E-state index contributed by atoms with van der Waals surface area (Å²) in [6.45, 7) is 18.8. The van der Waals surface area contributed by atoms with Crippen LogP contribution in [0.25, 0.3) is 0 Å². The Hall–Kier alpha value is -3.42. The molecule has 0 heterocycles. The summed E-state index contributed by atoms with van der Waals surface area (Å²) >= 11 is 0. The fourth-order valence-electron chi connectivity index (χ4n) is 3.49. The Morgan fingerprint density at radius 3 is 1.80 bits per heavy atom. The van der Waals surface area contributed by atoms with Crippen LogP contribution in [0.15, 0.2) is 0 Å². The van der Waals surface area contributed by atoms with E-state index < -0.39 is 46.5 Å². The molecule has 0 fully saturated rings. The van der Waals surface area contributed by atoms with Gasteiger partial charge in [0, 0.05) is 25.2 Å². The second kappa shape index (κ2) is 27.2. The largest absolute Gasteiger partial charge is 0.503 e. The van der Waals surface area contributed by atoms with Gasteiger partial charge in [0.25, 0.3) is 5.91 Å². The normalized spacial score (nSPS) is 11.2. The lowest BCUT2D eigenvalue weighted by atomic mass is 10.0. The number of aromatic hydroxyl groups is 1. The van der Waals surface area contributed by atoms with E-state index in [2.05, 4.69) is 40.4 Å². The number of carbonyl (C=O) groups excluding carboxylic acids is 4. The Morgan fingerprint density at radius 1 is 0.841 bits per heavy atom. The molecule has 10 nitrogen and oxygen atoms in total. The van der Waals surface area contributed by atoms with E-state index in [-0.39, 0.29) is 36.9 Å². The second-order valence-electron chi connectivity index (χ2n) is 9.83. The highest BCUT2D eigenvalue weighted by molar-refractivity contribution is 5.95. The molecule has 0 saturated carbocycles. The molecule has 14 heteroatoms. The van der Waals surface area contributed by atoms with Crippen molar-refractivity contribution in [3.63, 3.8) is 0 Å². The van der Waals surface area contributed by atoms with E-state index in [0.717, 1.165) is 12.8 Å². The Labute approximate surface area is 259 Å². The maximum atomic E-state index is 13.5. The van der Waals surface area contributed by atoms with Crippen LogP contribution in [0.5, 0.6) is 5.75 Å². The standard InChI is InChI=1S/C13H15F4NO2.C12H24N4O3.C3H8.C2H6/c1-5(2)4-6(3)18-13(20)7-8(14)10(16)12(19)11(17)9(7)15;1-3-5-10(16-12(19)8-14-9-17)6-13-7-11(18)15-4-2;1-3-2;1-2/h5-6,19H,4H2,1-3H3,(H,18,20);9-10,13H,3-8H2,1-2H3,(H,14,17)(H,15,18)(H,16,19);3H2,1-2H3;1-2H3/t;10-;;/m.0../s1. The summed E-state index contributed by atoms with van der Waals surface area (Å²) in [6, 6.07) is -0.471. The van der Waals surface area contributed by atoms with E-state index in [4.69, 9.17) is 5.11 Å². The van der Waals surface area contributed by atoms with E-state index >= 15 is 0 Å². The van der Waals surface area contributed by atoms with Crippen LogP contribution >= 0.6 is 0 Å². The number of rotatable bonds is 15. The van der Waals surface area contributed by atoms with Gasteiger partial charge in [0.2, 0.25) is 29.9 Å². The van der Waals surface area contributed by atoms with Crippen LogP contribution in [0, 0.1) is 29.2 Å². The third kappa shape index (κ3) is 19.7. The van der Waals surface area contributed by atoms with Gasteiger partial charge in [0.05, 0.1) is 13.1 Å². The van der Waals surface area contributed by atoms with Gasteiger partial charge in [-0.2, -0.15) is 8.78 Å². The minimum absolute atomic E-state index is 0.0277. The Morgan fingerprint density at radius 2 is 1.36 bits per heavy atom. The van der Waals surface area contributed by atoms with Crippen LogP contribution in [0.2, 0.25) is 0 Å². The van der Waals surface area contributed by atoms with Gasteiger partial charge >= 0.3 is 0 Å².